The van der Waals surface area contributed by atoms with Crippen molar-refractivity contribution in [3.05, 3.63) is 0 Å². The molecule has 7 nitrogen and oxygen atoms in total. The number of nitrogens with one attached hydrogen (secondary N) is 2. The van der Waals surface area contributed by atoms with Crippen molar-refractivity contribution in [1.82, 2.24) is 15.5 Å². The van der Waals surface area contributed by atoms with Gasteiger partial charge in [0.25, 0.3) is 0 Å². The number of hydrogen-bond acceptors (Lipinski definition) is 5. The minimum absolute atomic E-state index is 0. The Labute approximate surface area is 144 Å². The van der Waals surface area contributed by atoms with Crippen LogP contribution in [0.1, 0.15) is 6.42 Å². The van der Waals surface area contributed by atoms with Gasteiger partial charge in [0.15, 0.2) is 5.96 Å². The Hall–Kier alpha value is -0.130. The topological polar surface area (TPSA) is 83.0 Å². The van der Waals surface area contributed by atoms with Gasteiger partial charge in [-0.15, -0.1) is 24.0 Å². The number of hydrogen-bond donors (Lipinski definition) is 2. The van der Waals surface area contributed by atoms with Crippen LogP contribution in [0.2, 0.25) is 0 Å². The highest BCUT2D eigenvalue weighted by molar-refractivity contribution is 14.0. The minimum Gasteiger partial charge on any atom is -0.379 e. The molecule has 1 rings (SSSR count). The summed E-state index contributed by atoms with van der Waals surface area (Å²) in [6, 6.07) is 0. The standard InChI is InChI=1S/C12H26N4O3S.HI/c1-13-12(14-4-3-11-20(2,17)18)15-5-6-16-7-9-19-10-8-16;/h3-11H2,1-2H3,(H2,13,14,15);1H. The summed E-state index contributed by atoms with van der Waals surface area (Å²) in [6.07, 6.45) is 1.84. The predicted molar refractivity (Wildman–Crippen MR) is 96.4 cm³/mol. The van der Waals surface area contributed by atoms with Gasteiger partial charge in [-0.25, -0.2) is 8.42 Å². The van der Waals surface area contributed by atoms with E-state index in [-0.39, 0.29) is 29.7 Å². The molecular formula is C12H27IN4O3S. The lowest BCUT2D eigenvalue weighted by Gasteiger charge is -2.26. The van der Waals surface area contributed by atoms with Crippen molar-refractivity contribution in [2.75, 3.05) is 65.0 Å². The van der Waals surface area contributed by atoms with Gasteiger partial charge >= 0.3 is 0 Å². The minimum atomic E-state index is -2.88. The second-order valence-electron chi connectivity index (χ2n) is 4.86. The van der Waals surface area contributed by atoms with E-state index in [0.29, 0.717) is 18.9 Å². The normalized spacial score (nSPS) is 17.1. The molecule has 0 amide bonds. The molecule has 1 fully saturated rings. The molecule has 0 atom stereocenters. The van der Waals surface area contributed by atoms with Crippen LogP contribution in [0.25, 0.3) is 0 Å². The van der Waals surface area contributed by atoms with Crippen LogP contribution in [0.5, 0.6) is 0 Å². The molecule has 0 aliphatic carbocycles. The van der Waals surface area contributed by atoms with Crippen molar-refractivity contribution in [2.45, 2.75) is 6.42 Å². The lowest BCUT2D eigenvalue weighted by molar-refractivity contribution is 0.0389. The summed E-state index contributed by atoms with van der Waals surface area (Å²) < 4.78 is 27.3. The van der Waals surface area contributed by atoms with E-state index in [1.807, 2.05) is 0 Å². The fraction of sp³-hybridized carbons (Fsp3) is 0.917. The number of morpholine rings is 1. The number of aliphatic imine (C=N–C) groups is 1. The molecular weight excluding hydrogens is 407 g/mol. The number of nitrogens with zero attached hydrogens (tertiary/aromatic N) is 2. The van der Waals surface area contributed by atoms with Gasteiger partial charge in [-0.05, 0) is 6.42 Å². The number of guanidine groups is 1. The molecule has 0 aromatic rings. The Morgan fingerprint density at radius 3 is 2.43 bits per heavy atom. The molecule has 0 aromatic heterocycles. The number of rotatable bonds is 7. The summed E-state index contributed by atoms with van der Waals surface area (Å²) in [4.78, 5) is 6.45. The van der Waals surface area contributed by atoms with Crippen LogP contribution in [0, 0.1) is 0 Å². The first-order valence-electron chi connectivity index (χ1n) is 6.93. The van der Waals surface area contributed by atoms with Crippen LogP contribution in [-0.4, -0.2) is 84.3 Å². The van der Waals surface area contributed by atoms with E-state index < -0.39 is 9.84 Å². The highest BCUT2D eigenvalue weighted by Gasteiger charge is 2.09. The van der Waals surface area contributed by atoms with Crippen LogP contribution >= 0.6 is 24.0 Å². The molecule has 1 saturated heterocycles. The van der Waals surface area contributed by atoms with Crippen LogP contribution in [0.4, 0.5) is 0 Å². The Morgan fingerprint density at radius 1 is 1.24 bits per heavy atom. The Morgan fingerprint density at radius 2 is 1.86 bits per heavy atom. The largest absolute Gasteiger partial charge is 0.379 e. The number of ether oxygens (including phenoxy) is 1. The SMILES string of the molecule is CN=C(NCCCS(C)(=O)=O)NCCN1CCOCC1.I. The van der Waals surface area contributed by atoms with Gasteiger partial charge in [-0.1, -0.05) is 0 Å². The first-order valence-corrected chi connectivity index (χ1v) is 8.99. The molecule has 21 heavy (non-hydrogen) atoms. The molecule has 0 unspecified atom stereocenters. The summed E-state index contributed by atoms with van der Waals surface area (Å²) in [6.45, 7) is 5.92. The highest BCUT2D eigenvalue weighted by Crippen LogP contribution is 1.94. The van der Waals surface area contributed by atoms with Gasteiger partial charge in [0.1, 0.15) is 9.84 Å². The maximum Gasteiger partial charge on any atom is 0.191 e. The third-order valence-corrected chi connectivity index (χ3v) is 4.06. The lowest BCUT2D eigenvalue weighted by Crippen LogP contribution is -2.44. The maximum atomic E-state index is 11.0. The Bertz CT molecular complexity index is 397. The Balaban J connectivity index is 0.00000400. The molecule has 1 heterocycles. The van der Waals surface area contributed by atoms with Gasteiger partial charge in [0.05, 0.1) is 19.0 Å². The van der Waals surface area contributed by atoms with Gasteiger partial charge in [0, 0.05) is 46.0 Å². The molecule has 0 bridgehead atoms. The van der Waals surface area contributed by atoms with Crippen LogP contribution in [-0.2, 0) is 14.6 Å². The summed E-state index contributed by atoms with van der Waals surface area (Å²) >= 11 is 0. The molecule has 0 spiro atoms. The van der Waals surface area contributed by atoms with E-state index in [1.54, 1.807) is 7.05 Å². The molecule has 1 aliphatic heterocycles. The first kappa shape index (κ1) is 20.9. The van der Waals surface area contributed by atoms with E-state index in [1.165, 1.54) is 6.26 Å². The van der Waals surface area contributed by atoms with E-state index in [9.17, 15) is 8.42 Å². The molecule has 126 valence electrons. The fourth-order valence-corrected chi connectivity index (χ4v) is 2.59. The van der Waals surface area contributed by atoms with Crippen LogP contribution < -0.4 is 10.6 Å². The van der Waals surface area contributed by atoms with E-state index in [2.05, 4.69) is 20.5 Å². The number of halogens is 1. The summed E-state index contributed by atoms with van der Waals surface area (Å²) in [7, 11) is -1.17. The average Bonchev–Trinajstić information content (AvgIpc) is 2.41. The van der Waals surface area contributed by atoms with Gasteiger partial charge in [-0.2, -0.15) is 0 Å². The molecule has 9 heteroatoms. The fourth-order valence-electron chi connectivity index (χ4n) is 1.92. The van der Waals surface area contributed by atoms with Gasteiger partial charge in [0.2, 0.25) is 0 Å². The van der Waals surface area contributed by atoms with E-state index >= 15 is 0 Å². The molecule has 0 radical (unpaired) electrons. The number of sulfone groups is 1. The maximum absolute atomic E-state index is 11.0. The van der Waals surface area contributed by atoms with E-state index in [0.717, 1.165) is 39.4 Å². The quantitative estimate of drug-likeness (QED) is 0.244. The van der Waals surface area contributed by atoms with Crippen molar-refractivity contribution >= 4 is 39.8 Å². The van der Waals surface area contributed by atoms with Crippen LogP contribution in [0.15, 0.2) is 4.99 Å². The second kappa shape index (κ2) is 11.4. The average molecular weight is 434 g/mol. The lowest BCUT2D eigenvalue weighted by atomic mass is 10.4. The van der Waals surface area contributed by atoms with Crippen molar-refractivity contribution in [2.24, 2.45) is 4.99 Å². The summed E-state index contributed by atoms with van der Waals surface area (Å²) in [5.41, 5.74) is 0. The summed E-state index contributed by atoms with van der Waals surface area (Å²) in [5, 5.41) is 6.33. The second-order valence-corrected chi connectivity index (χ2v) is 7.12. The Kier molecular flexibility index (Phi) is 11.4. The predicted octanol–water partition coefficient (Wildman–Crippen LogP) is -0.464. The smallest absolute Gasteiger partial charge is 0.191 e. The zero-order valence-corrected chi connectivity index (χ0v) is 15.9. The van der Waals surface area contributed by atoms with Crippen molar-refractivity contribution < 1.29 is 13.2 Å². The zero-order chi connectivity index (χ0) is 14.8. The van der Waals surface area contributed by atoms with Crippen molar-refractivity contribution in [1.29, 1.82) is 0 Å². The zero-order valence-electron chi connectivity index (χ0n) is 12.8. The molecule has 1 aliphatic rings. The third-order valence-electron chi connectivity index (χ3n) is 3.03. The van der Waals surface area contributed by atoms with Crippen LogP contribution in [0.3, 0.4) is 0 Å². The molecule has 0 aromatic carbocycles. The van der Waals surface area contributed by atoms with Crippen molar-refractivity contribution in [3.8, 4) is 0 Å². The molecule has 2 N–H and O–H groups in total. The monoisotopic (exact) mass is 434 g/mol. The van der Waals surface area contributed by atoms with Gasteiger partial charge < -0.3 is 15.4 Å². The summed E-state index contributed by atoms with van der Waals surface area (Å²) in [5.74, 6) is 0.914. The third kappa shape index (κ3) is 11.1. The van der Waals surface area contributed by atoms with Crippen molar-refractivity contribution in [3.63, 3.8) is 0 Å². The molecule has 0 saturated carbocycles. The first-order chi connectivity index (χ1) is 9.51. The van der Waals surface area contributed by atoms with E-state index in [4.69, 9.17) is 4.74 Å². The van der Waals surface area contributed by atoms with Gasteiger partial charge in [-0.3, -0.25) is 9.89 Å². The highest BCUT2D eigenvalue weighted by atomic mass is 127.